The molecule has 1 aliphatic rings. The molecule has 4 nitrogen and oxygen atoms in total. The van der Waals surface area contributed by atoms with Gasteiger partial charge in [-0.2, -0.15) is 0 Å². The number of amides is 2. The second-order valence-corrected chi connectivity index (χ2v) is 9.24. The molecule has 6 heteroatoms. The highest BCUT2D eigenvalue weighted by atomic mass is 32.2. The molecule has 3 rings (SSSR count). The SMILES string of the molecule is CCC1SC(=S)N(CCCCCC(=O)NC(c2ccccc2)c2ccccc2)C1=O. The predicted octanol–water partition coefficient (Wildman–Crippen LogP) is 5.09. The summed E-state index contributed by atoms with van der Waals surface area (Å²) in [4.78, 5) is 26.6. The average Bonchev–Trinajstić information content (AvgIpc) is 3.06. The zero-order valence-corrected chi connectivity index (χ0v) is 18.9. The summed E-state index contributed by atoms with van der Waals surface area (Å²) in [6.45, 7) is 2.66. The van der Waals surface area contributed by atoms with Crippen LogP contribution in [-0.4, -0.2) is 32.8 Å². The Labute approximate surface area is 188 Å². The molecule has 0 aliphatic carbocycles. The zero-order valence-electron chi connectivity index (χ0n) is 17.3. The van der Waals surface area contributed by atoms with Crippen LogP contribution in [0.5, 0.6) is 0 Å². The van der Waals surface area contributed by atoms with Crippen LogP contribution < -0.4 is 5.32 Å². The lowest BCUT2D eigenvalue weighted by Crippen LogP contribution is -2.32. The molecule has 0 spiro atoms. The van der Waals surface area contributed by atoms with Crippen molar-refractivity contribution in [1.29, 1.82) is 0 Å². The Morgan fingerprint density at radius 3 is 2.17 bits per heavy atom. The first-order valence-electron chi connectivity index (χ1n) is 10.5. The molecule has 158 valence electrons. The van der Waals surface area contributed by atoms with Gasteiger partial charge < -0.3 is 5.32 Å². The summed E-state index contributed by atoms with van der Waals surface area (Å²) in [6, 6.07) is 19.9. The quantitative estimate of drug-likeness (QED) is 0.413. The molecule has 0 saturated carbocycles. The molecule has 1 aliphatic heterocycles. The standard InChI is InChI=1S/C24H28N2O2S2/c1-2-20-23(28)26(24(29)30-20)17-11-5-10-16-21(27)25-22(18-12-6-3-7-13-18)19-14-8-4-9-15-19/h3-4,6-9,12-15,20,22H,2,5,10-11,16-17H2,1H3,(H,25,27). The van der Waals surface area contributed by atoms with Crippen LogP contribution in [0.25, 0.3) is 0 Å². The molecule has 2 aromatic carbocycles. The number of thiocarbonyl (C=S) groups is 1. The number of rotatable bonds is 10. The van der Waals surface area contributed by atoms with Crippen LogP contribution in [0.1, 0.15) is 56.2 Å². The number of hydrogen-bond acceptors (Lipinski definition) is 4. The van der Waals surface area contributed by atoms with E-state index in [1.165, 1.54) is 11.8 Å². The summed E-state index contributed by atoms with van der Waals surface area (Å²) in [7, 11) is 0. The molecule has 0 bridgehead atoms. The molecule has 30 heavy (non-hydrogen) atoms. The number of hydrogen-bond donors (Lipinski definition) is 1. The Hall–Kier alpha value is -2.18. The molecule has 1 saturated heterocycles. The van der Waals surface area contributed by atoms with Gasteiger partial charge in [0.2, 0.25) is 11.8 Å². The highest BCUT2D eigenvalue weighted by molar-refractivity contribution is 8.24. The van der Waals surface area contributed by atoms with Gasteiger partial charge in [0.15, 0.2) is 0 Å². The van der Waals surface area contributed by atoms with Gasteiger partial charge in [-0.3, -0.25) is 14.5 Å². The van der Waals surface area contributed by atoms with Gasteiger partial charge in [0.25, 0.3) is 0 Å². The number of carbonyl (C=O) groups excluding carboxylic acids is 2. The van der Waals surface area contributed by atoms with Crippen LogP contribution in [0.3, 0.4) is 0 Å². The van der Waals surface area contributed by atoms with E-state index in [-0.39, 0.29) is 23.1 Å². The highest BCUT2D eigenvalue weighted by Crippen LogP contribution is 2.29. The largest absolute Gasteiger partial charge is 0.345 e. The number of carbonyl (C=O) groups is 2. The van der Waals surface area contributed by atoms with Crippen molar-refractivity contribution in [2.75, 3.05) is 6.54 Å². The first kappa shape index (κ1) is 22.5. The summed E-state index contributed by atoms with van der Waals surface area (Å²) in [6.07, 6.45) is 3.83. The van der Waals surface area contributed by atoms with Crippen molar-refractivity contribution in [3.63, 3.8) is 0 Å². The molecule has 2 amide bonds. The van der Waals surface area contributed by atoms with Gasteiger partial charge in [0.05, 0.1) is 11.3 Å². The maximum absolute atomic E-state index is 12.6. The Morgan fingerprint density at radius 1 is 1.03 bits per heavy atom. The van der Waals surface area contributed by atoms with Crippen molar-refractivity contribution in [2.45, 2.75) is 50.3 Å². The Balaban J connectivity index is 1.46. The summed E-state index contributed by atoms with van der Waals surface area (Å²) in [5.74, 6) is 0.181. The fourth-order valence-corrected chi connectivity index (χ4v) is 5.05. The van der Waals surface area contributed by atoms with E-state index < -0.39 is 0 Å². The third-order valence-electron chi connectivity index (χ3n) is 5.23. The van der Waals surface area contributed by atoms with Crippen molar-refractivity contribution in [1.82, 2.24) is 10.2 Å². The average molecular weight is 441 g/mol. The molecular weight excluding hydrogens is 412 g/mol. The zero-order chi connectivity index (χ0) is 21.3. The first-order chi connectivity index (χ1) is 14.6. The van der Waals surface area contributed by atoms with Crippen molar-refractivity contribution < 1.29 is 9.59 Å². The third kappa shape index (κ3) is 5.92. The topological polar surface area (TPSA) is 49.4 Å². The second kappa shape index (κ2) is 11.3. The fourth-order valence-electron chi connectivity index (χ4n) is 3.57. The number of benzene rings is 2. The Bertz CT molecular complexity index is 819. The minimum Gasteiger partial charge on any atom is -0.345 e. The van der Waals surface area contributed by atoms with Crippen LogP contribution in [0.15, 0.2) is 60.7 Å². The smallest absolute Gasteiger partial charge is 0.241 e. The van der Waals surface area contributed by atoms with Gasteiger partial charge in [-0.25, -0.2) is 0 Å². The normalized spacial score (nSPS) is 16.3. The van der Waals surface area contributed by atoms with Crippen LogP contribution in [0.2, 0.25) is 0 Å². The van der Waals surface area contributed by atoms with Gasteiger partial charge in [0.1, 0.15) is 4.32 Å². The molecule has 1 N–H and O–H groups in total. The monoisotopic (exact) mass is 440 g/mol. The molecule has 1 unspecified atom stereocenters. The van der Waals surface area contributed by atoms with E-state index in [0.29, 0.717) is 17.3 Å². The Kier molecular flexibility index (Phi) is 8.46. The van der Waals surface area contributed by atoms with E-state index >= 15 is 0 Å². The number of nitrogens with zero attached hydrogens (tertiary/aromatic N) is 1. The molecule has 0 aromatic heterocycles. The lowest BCUT2D eigenvalue weighted by atomic mass is 9.98. The highest BCUT2D eigenvalue weighted by Gasteiger charge is 2.34. The summed E-state index contributed by atoms with van der Waals surface area (Å²) in [5.41, 5.74) is 2.14. The van der Waals surface area contributed by atoms with Crippen molar-refractivity contribution in [2.24, 2.45) is 0 Å². The molecule has 2 aromatic rings. The van der Waals surface area contributed by atoms with Crippen molar-refractivity contribution in [3.8, 4) is 0 Å². The van der Waals surface area contributed by atoms with E-state index in [2.05, 4.69) is 5.32 Å². The number of nitrogens with one attached hydrogen (secondary N) is 1. The lowest BCUT2D eigenvalue weighted by Gasteiger charge is -2.20. The lowest BCUT2D eigenvalue weighted by molar-refractivity contribution is -0.126. The van der Waals surface area contributed by atoms with E-state index in [0.717, 1.165) is 36.8 Å². The molecule has 1 atom stereocenters. The second-order valence-electron chi connectivity index (χ2n) is 7.40. The molecule has 1 heterocycles. The van der Waals surface area contributed by atoms with E-state index in [4.69, 9.17) is 12.2 Å². The van der Waals surface area contributed by atoms with Crippen molar-refractivity contribution >= 4 is 40.1 Å². The maximum atomic E-state index is 12.6. The van der Waals surface area contributed by atoms with Crippen LogP contribution in [0.4, 0.5) is 0 Å². The van der Waals surface area contributed by atoms with E-state index in [1.54, 1.807) is 4.90 Å². The number of unbranched alkanes of at least 4 members (excludes halogenated alkanes) is 2. The Morgan fingerprint density at radius 2 is 1.63 bits per heavy atom. The van der Waals surface area contributed by atoms with Crippen molar-refractivity contribution in [3.05, 3.63) is 71.8 Å². The molecule has 0 radical (unpaired) electrons. The third-order valence-corrected chi connectivity index (χ3v) is 6.98. The molecular formula is C24H28N2O2S2. The van der Waals surface area contributed by atoms with Crippen LogP contribution in [0, 0.1) is 0 Å². The summed E-state index contributed by atoms with van der Waals surface area (Å²) < 4.78 is 0.693. The van der Waals surface area contributed by atoms with Gasteiger partial charge in [-0.05, 0) is 30.4 Å². The minimum absolute atomic E-state index is 0.0174. The van der Waals surface area contributed by atoms with Gasteiger partial charge in [-0.1, -0.05) is 98.0 Å². The maximum Gasteiger partial charge on any atom is 0.241 e. The minimum atomic E-state index is -0.150. The number of thioether (sulfide) groups is 1. The summed E-state index contributed by atoms with van der Waals surface area (Å²) in [5, 5.41) is 3.16. The van der Waals surface area contributed by atoms with Crippen LogP contribution >= 0.6 is 24.0 Å². The predicted molar refractivity (Wildman–Crippen MR) is 127 cm³/mol. The van der Waals surface area contributed by atoms with E-state index in [9.17, 15) is 9.59 Å². The first-order valence-corrected chi connectivity index (χ1v) is 11.8. The fraction of sp³-hybridized carbons (Fsp3) is 0.375. The molecule has 1 fully saturated rings. The van der Waals surface area contributed by atoms with Gasteiger partial charge in [-0.15, -0.1) is 0 Å². The van der Waals surface area contributed by atoms with Gasteiger partial charge >= 0.3 is 0 Å². The summed E-state index contributed by atoms with van der Waals surface area (Å²) >= 11 is 6.82. The van der Waals surface area contributed by atoms with Gasteiger partial charge in [0, 0.05) is 13.0 Å². The van der Waals surface area contributed by atoms with Crippen LogP contribution in [-0.2, 0) is 9.59 Å². The van der Waals surface area contributed by atoms with E-state index in [1.807, 2.05) is 67.6 Å².